The summed E-state index contributed by atoms with van der Waals surface area (Å²) in [5.41, 5.74) is 4.36. The molecule has 1 amide bonds. The van der Waals surface area contributed by atoms with Crippen LogP contribution in [-0.4, -0.2) is 29.1 Å². The first-order valence-electron chi connectivity index (χ1n) is 4.87. The largest absolute Gasteiger partial charge is 0.515 e. The van der Waals surface area contributed by atoms with E-state index < -0.39 is 6.17 Å². The van der Waals surface area contributed by atoms with Crippen molar-refractivity contribution < 1.29 is 9.90 Å². The summed E-state index contributed by atoms with van der Waals surface area (Å²) < 4.78 is 0. The van der Waals surface area contributed by atoms with Crippen LogP contribution in [0.5, 0.6) is 0 Å². The number of aliphatic hydroxyl groups is 1. The van der Waals surface area contributed by atoms with E-state index in [1.54, 1.807) is 25.2 Å². The van der Waals surface area contributed by atoms with Crippen molar-refractivity contribution >= 4 is 11.5 Å². The molecule has 4 N–H and O–H groups in total. The van der Waals surface area contributed by atoms with Gasteiger partial charge >= 0.3 is 0 Å². The molecule has 1 aromatic carbocycles. The van der Waals surface area contributed by atoms with E-state index in [1.165, 1.54) is 4.90 Å². The van der Waals surface area contributed by atoms with Crippen molar-refractivity contribution in [1.29, 1.82) is 0 Å². The molecule has 16 heavy (non-hydrogen) atoms. The van der Waals surface area contributed by atoms with Crippen LogP contribution in [0, 0.1) is 0 Å². The third kappa shape index (κ3) is 1.37. The van der Waals surface area contributed by atoms with Gasteiger partial charge in [0.25, 0.3) is 5.91 Å². The lowest BCUT2D eigenvalue weighted by atomic mass is 9.93. The second kappa shape index (κ2) is 3.96. The smallest absolute Gasteiger partial charge is 0.255 e. The maximum absolute atomic E-state index is 12.0. The Bertz CT molecular complexity index is 456. The van der Waals surface area contributed by atoms with E-state index >= 15 is 0 Å². The minimum Gasteiger partial charge on any atom is -0.515 e. The van der Waals surface area contributed by atoms with Gasteiger partial charge in [-0.25, -0.2) is 5.43 Å². The maximum atomic E-state index is 12.0. The Labute approximate surface area is 93.1 Å². The molecule has 0 saturated carbocycles. The molecule has 0 fully saturated rings. The van der Waals surface area contributed by atoms with E-state index in [0.717, 1.165) is 6.26 Å². The van der Waals surface area contributed by atoms with Crippen LogP contribution in [0.4, 0.5) is 0 Å². The fourth-order valence-corrected chi connectivity index (χ4v) is 1.93. The average molecular weight is 219 g/mol. The van der Waals surface area contributed by atoms with E-state index in [4.69, 9.17) is 5.84 Å². The number of benzene rings is 1. The first kappa shape index (κ1) is 10.7. The number of likely N-dealkylation sites (N-methyl/N-ethyl adjacent to an activating group) is 1. The highest BCUT2D eigenvalue weighted by atomic mass is 16.2. The lowest BCUT2D eigenvalue weighted by molar-refractivity contribution is 0.0732. The molecule has 5 heteroatoms. The molecule has 1 aromatic rings. The van der Waals surface area contributed by atoms with Gasteiger partial charge in [0.05, 0.1) is 6.26 Å². The Morgan fingerprint density at radius 3 is 2.62 bits per heavy atom. The van der Waals surface area contributed by atoms with Gasteiger partial charge in [-0.2, -0.15) is 0 Å². The van der Waals surface area contributed by atoms with Crippen molar-refractivity contribution in [1.82, 2.24) is 10.3 Å². The van der Waals surface area contributed by atoms with Crippen LogP contribution in [-0.2, 0) is 0 Å². The number of nitrogens with two attached hydrogens (primary N) is 1. The molecule has 84 valence electrons. The summed E-state index contributed by atoms with van der Waals surface area (Å²) in [7, 11) is 1.63. The monoisotopic (exact) mass is 219 g/mol. The van der Waals surface area contributed by atoms with Crippen LogP contribution in [0.3, 0.4) is 0 Å². The van der Waals surface area contributed by atoms with Crippen molar-refractivity contribution in [2.24, 2.45) is 5.84 Å². The molecule has 1 unspecified atom stereocenters. The number of aliphatic hydroxyl groups excluding tert-OH is 1. The zero-order valence-corrected chi connectivity index (χ0v) is 8.84. The Morgan fingerprint density at radius 2 is 2.06 bits per heavy atom. The van der Waals surface area contributed by atoms with Gasteiger partial charge in [-0.05, 0) is 11.6 Å². The zero-order valence-electron chi connectivity index (χ0n) is 8.84. The molecule has 0 spiro atoms. The SMILES string of the molecule is CN1C(=O)c2ccccc2/C(=C/O)C1NN. The minimum atomic E-state index is -0.507. The Morgan fingerprint density at radius 1 is 1.44 bits per heavy atom. The first-order valence-corrected chi connectivity index (χ1v) is 4.87. The third-order valence-corrected chi connectivity index (χ3v) is 2.77. The third-order valence-electron chi connectivity index (χ3n) is 2.77. The normalized spacial score (nSPS) is 22.4. The van der Waals surface area contributed by atoms with Crippen molar-refractivity contribution in [3.05, 3.63) is 41.7 Å². The van der Waals surface area contributed by atoms with Gasteiger partial charge in [0.1, 0.15) is 6.17 Å². The van der Waals surface area contributed by atoms with E-state index in [-0.39, 0.29) is 5.91 Å². The highest BCUT2D eigenvalue weighted by molar-refractivity contribution is 6.03. The summed E-state index contributed by atoms with van der Waals surface area (Å²) in [5.74, 6) is 5.26. The molecule has 0 bridgehead atoms. The van der Waals surface area contributed by atoms with Gasteiger partial charge < -0.3 is 10.0 Å². The number of fused-ring (bicyclic) bond motifs is 1. The molecule has 0 saturated heterocycles. The van der Waals surface area contributed by atoms with Gasteiger partial charge in [-0.1, -0.05) is 18.2 Å². The summed E-state index contributed by atoms with van der Waals surface area (Å²) in [6.07, 6.45) is 0.471. The Hall–Kier alpha value is -1.85. The molecule has 0 aliphatic carbocycles. The first-order chi connectivity index (χ1) is 7.70. The fourth-order valence-electron chi connectivity index (χ4n) is 1.93. The van der Waals surface area contributed by atoms with Crippen molar-refractivity contribution in [3.63, 3.8) is 0 Å². The van der Waals surface area contributed by atoms with E-state index in [9.17, 15) is 9.90 Å². The molecule has 5 nitrogen and oxygen atoms in total. The van der Waals surface area contributed by atoms with E-state index in [0.29, 0.717) is 16.7 Å². The molecule has 1 aliphatic rings. The summed E-state index contributed by atoms with van der Waals surface area (Å²) in [6.45, 7) is 0. The molecule has 0 aromatic heterocycles. The Balaban J connectivity index is 2.62. The van der Waals surface area contributed by atoms with Gasteiger partial charge in [0.15, 0.2) is 0 Å². The van der Waals surface area contributed by atoms with Crippen LogP contribution in [0.2, 0.25) is 0 Å². The number of carbonyl (C=O) groups is 1. The Kier molecular flexibility index (Phi) is 2.64. The summed E-state index contributed by atoms with van der Waals surface area (Å²) in [6, 6.07) is 7.11. The van der Waals surface area contributed by atoms with Crippen LogP contribution < -0.4 is 11.3 Å². The number of carbonyl (C=O) groups excluding carboxylic acids is 1. The predicted molar refractivity (Wildman–Crippen MR) is 60.3 cm³/mol. The molecular weight excluding hydrogens is 206 g/mol. The van der Waals surface area contributed by atoms with Gasteiger partial charge in [0, 0.05) is 18.2 Å². The second-order valence-corrected chi connectivity index (χ2v) is 3.62. The number of hydrogen-bond acceptors (Lipinski definition) is 4. The molecule has 1 heterocycles. The van der Waals surface area contributed by atoms with E-state index in [1.807, 2.05) is 6.07 Å². The van der Waals surface area contributed by atoms with Crippen LogP contribution >= 0.6 is 0 Å². The number of rotatable bonds is 1. The van der Waals surface area contributed by atoms with E-state index in [2.05, 4.69) is 5.43 Å². The average Bonchev–Trinajstić information content (AvgIpc) is 2.33. The minimum absolute atomic E-state index is 0.121. The number of hydrazine groups is 1. The van der Waals surface area contributed by atoms with Crippen molar-refractivity contribution in [2.75, 3.05) is 7.05 Å². The second-order valence-electron chi connectivity index (χ2n) is 3.62. The van der Waals surface area contributed by atoms with Crippen molar-refractivity contribution in [2.45, 2.75) is 6.17 Å². The zero-order chi connectivity index (χ0) is 11.7. The number of nitrogens with zero attached hydrogens (tertiary/aromatic N) is 1. The molecule has 1 aliphatic heterocycles. The van der Waals surface area contributed by atoms with Gasteiger partial charge in [-0.3, -0.25) is 10.6 Å². The fraction of sp³-hybridized carbons (Fsp3) is 0.182. The lowest BCUT2D eigenvalue weighted by Gasteiger charge is -2.34. The molecule has 1 atom stereocenters. The maximum Gasteiger partial charge on any atom is 0.255 e. The van der Waals surface area contributed by atoms with Crippen molar-refractivity contribution in [3.8, 4) is 0 Å². The van der Waals surface area contributed by atoms with Crippen LogP contribution in [0.25, 0.3) is 5.57 Å². The number of amides is 1. The quantitative estimate of drug-likeness (QED) is 0.364. The highest BCUT2D eigenvalue weighted by Gasteiger charge is 2.32. The number of nitrogens with one attached hydrogen (secondary N) is 1. The standard InChI is InChI=1S/C11H13N3O2/c1-14-10(13-12)9(6-15)7-4-2-3-5-8(7)11(14)16/h2-6,10,13,15H,12H2,1H3/b9-6-. The lowest BCUT2D eigenvalue weighted by Crippen LogP contribution is -2.52. The summed E-state index contributed by atoms with van der Waals surface area (Å²) >= 11 is 0. The topological polar surface area (TPSA) is 78.6 Å². The molecule has 0 radical (unpaired) electrons. The summed E-state index contributed by atoms with van der Waals surface area (Å²) in [5, 5.41) is 9.25. The van der Waals surface area contributed by atoms with Crippen LogP contribution in [0.15, 0.2) is 30.5 Å². The highest BCUT2D eigenvalue weighted by Crippen LogP contribution is 2.29. The van der Waals surface area contributed by atoms with Gasteiger partial charge in [0.2, 0.25) is 0 Å². The van der Waals surface area contributed by atoms with Crippen LogP contribution in [0.1, 0.15) is 15.9 Å². The number of hydrogen-bond donors (Lipinski definition) is 3. The predicted octanol–water partition coefficient (Wildman–Crippen LogP) is 0.461. The van der Waals surface area contributed by atoms with Gasteiger partial charge in [-0.15, -0.1) is 0 Å². The summed E-state index contributed by atoms with van der Waals surface area (Å²) in [4.78, 5) is 13.4. The molecular formula is C11H13N3O2. The molecule has 2 rings (SSSR count).